The number of nitrogens with one attached hydrogen (secondary N) is 2. The number of nitrogens with zero attached hydrogens (tertiary/aromatic N) is 1. The van der Waals surface area contributed by atoms with E-state index in [-0.39, 0.29) is 12.5 Å². The number of piperidine rings is 1. The summed E-state index contributed by atoms with van der Waals surface area (Å²) < 4.78 is 26.9. The van der Waals surface area contributed by atoms with Crippen LogP contribution in [0.1, 0.15) is 31.7 Å². The van der Waals surface area contributed by atoms with Crippen LogP contribution in [0.2, 0.25) is 0 Å². The maximum absolute atomic E-state index is 12.7. The summed E-state index contributed by atoms with van der Waals surface area (Å²) in [4.78, 5) is 12.4. The van der Waals surface area contributed by atoms with Crippen molar-refractivity contribution in [2.45, 2.75) is 37.5 Å². The Bertz CT molecular complexity index is 887. The van der Waals surface area contributed by atoms with E-state index in [9.17, 15) is 13.2 Å². The van der Waals surface area contributed by atoms with E-state index < -0.39 is 10.0 Å². The minimum absolute atomic E-state index is 0.105. The fraction of sp³-hybridized carbons (Fsp3) is 0.381. The van der Waals surface area contributed by atoms with Crippen LogP contribution >= 0.6 is 0 Å². The molecule has 0 unspecified atom stereocenters. The van der Waals surface area contributed by atoms with Crippen molar-refractivity contribution in [2.75, 3.05) is 30.3 Å². The first-order valence-corrected chi connectivity index (χ1v) is 11.2. The first kappa shape index (κ1) is 20.4. The van der Waals surface area contributed by atoms with Gasteiger partial charge in [-0.05, 0) is 61.2 Å². The van der Waals surface area contributed by atoms with E-state index in [1.54, 1.807) is 28.6 Å². The van der Waals surface area contributed by atoms with Crippen molar-refractivity contribution in [3.8, 4) is 0 Å². The third-order valence-corrected chi connectivity index (χ3v) is 6.82. The van der Waals surface area contributed by atoms with Gasteiger partial charge in [-0.15, -0.1) is 0 Å². The van der Waals surface area contributed by atoms with Crippen molar-refractivity contribution in [3.63, 3.8) is 0 Å². The molecule has 1 aliphatic rings. The van der Waals surface area contributed by atoms with Crippen molar-refractivity contribution in [3.05, 3.63) is 54.1 Å². The maximum atomic E-state index is 12.7. The molecule has 7 heteroatoms. The quantitative estimate of drug-likeness (QED) is 0.745. The highest BCUT2D eigenvalue weighted by Crippen LogP contribution is 2.22. The average Bonchev–Trinajstić information content (AvgIpc) is 2.74. The standard InChI is InChI=1S/C21H27N3O3S/c1-2-17-6-8-19(9-7-17)23-21(25)16-22-18-10-12-20(13-11-18)28(26,27)24-14-4-3-5-15-24/h6-13,22H,2-5,14-16H2,1H3,(H,23,25). The fourth-order valence-corrected chi connectivity index (χ4v) is 4.73. The Kier molecular flexibility index (Phi) is 6.70. The van der Waals surface area contributed by atoms with Crippen LogP contribution in [0.15, 0.2) is 53.4 Å². The van der Waals surface area contributed by atoms with Crippen molar-refractivity contribution in [1.82, 2.24) is 4.31 Å². The Labute approximate surface area is 167 Å². The fourth-order valence-electron chi connectivity index (χ4n) is 3.21. The molecule has 0 radical (unpaired) electrons. The number of hydrogen-bond donors (Lipinski definition) is 2. The van der Waals surface area contributed by atoms with Gasteiger partial charge in [0.05, 0.1) is 11.4 Å². The largest absolute Gasteiger partial charge is 0.376 e. The number of carbonyl (C=O) groups excluding carboxylic acids is 1. The van der Waals surface area contributed by atoms with Crippen LogP contribution in [0.3, 0.4) is 0 Å². The molecular weight excluding hydrogens is 374 g/mol. The molecule has 150 valence electrons. The normalized spacial score (nSPS) is 15.2. The van der Waals surface area contributed by atoms with Gasteiger partial charge in [0.2, 0.25) is 15.9 Å². The minimum Gasteiger partial charge on any atom is -0.376 e. The minimum atomic E-state index is -3.43. The van der Waals surface area contributed by atoms with Crippen molar-refractivity contribution >= 4 is 27.3 Å². The molecule has 0 spiro atoms. The van der Waals surface area contributed by atoms with Gasteiger partial charge in [0.1, 0.15) is 0 Å². The molecule has 0 atom stereocenters. The molecule has 3 rings (SSSR count). The Morgan fingerprint density at radius 1 is 0.929 bits per heavy atom. The average molecular weight is 402 g/mol. The smallest absolute Gasteiger partial charge is 0.243 e. The van der Waals surface area contributed by atoms with E-state index in [1.165, 1.54) is 5.56 Å². The summed E-state index contributed by atoms with van der Waals surface area (Å²) in [6, 6.07) is 14.3. The second-order valence-electron chi connectivity index (χ2n) is 6.94. The van der Waals surface area contributed by atoms with Crippen LogP contribution in [0.25, 0.3) is 0 Å². The zero-order chi connectivity index (χ0) is 20.0. The number of rotatable bonds is 7. The van der Waals surface area contributed by atoms with Gasteiger partial charge < -0.3 is 10.6 Å². The number of sulfonamides is 1. The molecule has 1 aliphatic heterocycles. The number of aryl methyl sites for hydroxylation is 1. The Morgan fingerprint density at radius 3 is 2.14 bits per heavy atom. The molecule has 2 N–H and O–H groups in total. The monoisotopic (exact) mass is 401 g/mol. The van der Waals surface area contributed by atoms with E-state index in [0.29, 0.717) is 23.7 Å². The number of benzene rings is 2. The summed E-state index contributed by atoms with van der Waals surface area (Å²) in [5, 5.41) is 5.86. The van der Waals surface area contributed by atoms with Gasteiger partial charge in [0, 0.05) is 24.5 Å². The number of carbonyl (C=O) groups is 1. The molecule has 0 aromatic heterocycles. The van der Waals surface area contributed by atoms with Crippen LogP contribution in [0.4, 0.5) is 11.4 Å². The molecule has 0 aliphatic carbocycles. The van der Waals surface area contributed by atoms with E-state index >= 15 is 0 Å². The van der Waals surface area contributed by atoms with E-state index in [4.69, 9.17) is 0 Å². The van der Waals surface area contributed by atoms with E-state index in [1.807, 2.05) is 24.3 Å². The van der Waals surface area contributed by atoms with E-state index in [2.05, 4.69) is 17.6 Å². The maximum Gasteiger partial charge on any atom is 0.243 e. The van der Waals surface area contributed by atoms with Gasteiger partial charge in [0.25, 0.3) is 0 Å². The lowest BCUT2D eigenvalue weighted by atomic mass is 10.1. The molecule has 1 fully saturated rings. The first-order chi connectivity index (χ1) is 13.5. The number of amides is 1. The summed E-state index contributed by atoms with van der Waals surface area (Å²) in [5.74, 6) is -0.158. The highest BCUT2D eigenvalue weighted by atomic mass is 32.2. The Balaban J connectivity index is 1.54. The molecule has 2 aromatic rings. The van der Waals surface area contributed by atoms with Crippen LogP contribution in [-0.2, 0) is 21.2 Å². The summed E-state index contributed by atoms with van der Waals surface area (Å²) in [6.07, 6.45) is 3.86. The van der Waals surface area contributed by atoms with E-state index in [0.717, 1.165) is 31.4 Å². The second-order valence-corrected chi connectivity index (χ2v) is 8.88. The third kappa shape index (κ3) is 5.11. The lowest BCUT2D eigenvalue weighted by molar-refractivity contribution is -0.114. The topological polar surface area (TPSA) is 78.5 Å². The summed E-state index contributed by atoms with van der Waals surface area (Å²) in [5.41, 5.74) is 2.68. The number of hydrogen-bond acceptors (Lipinski definition) is 4. The van der Waals surface area contributed by atoms with Crippen LogP contribution < -0.4 is 10.6 Å². The molecule has 1 amide bonds. The lowest BCUT2D eigenvalue weighted by Crippen LogP contribution is -2.35. The molecule has 2 aromatic carbocycles. The van der Waals surface area contributed by atoms with Gasteiger partial charge in [-0.25, -0.2) is 8.42 Å². The molecule has 28 heavy (non-hydrogen) atoms. The Morgan fingerprint density at radius 2 is 1.54 bits per heavy atom. The zero-order valence-corrected chi connectivity index (χ0v) is 17.0. The van der Waals surface area contributed by atoms with Crippen molar-refractivity contribution in [1.29, 1.82) is 0 Å². The summed E-state index contributed by atoms with van der Waals surface area (Å²) in [6.45, 7) is 3.36. The van der Waals surface area contributed by atoms with Gasteiger partial charge in [-0.1, -0.05) is 25.5 Å². The molecule has 0 bridgehead atoms. The predicted octanol–water partition coefficient (Wildman–Crippen LogP) is 3.47. The highest BCUT2D eigenvalue weighted by molar-refractivity contribution is 7.89. The van der Waals surface area contributed by atoms with Gasteiger partial charge in [0.15, 0.2) is 0 Å². The predicted molar refractivity (Wildman–Crippen MR) is 112 cm³/mol. The second kappa shape index (κ2) is 9.21. The SMILES string of the molecule is CCc1ccc(NC(=O)CNc2ccc(S(=O)(=O)N3CCCCC3)cc2)cc1. The molecular formula is C21H27N3O3S. The highest BCUT2D eigenvalue weighted by Gasteiger charge is 2.25. The summed E-state index contributed by atoms with van der Waals surface area (Å²) in [7, 11) is -3.43. The molecule has 1 heterocycles. The molecule has 1 saturated heterocycles. The number of anilines is 2. The van der Waals surface area contributed by atoms with Crippen molar-refractivity contribution in [2.24, 2.45) is 0 Å². The van der Waals surface area contributed by atoms with Gasteiger partial charge in [-0.3, -0.25) is 4.79 Å². The van der Waals surface area contributed by atoms with Crippen LogP contribution in [0, 0.1) is 0 Å². The van der Waals surface area contributed by atoms with Crippen LogP contribution in [-0.4, -0.2) is 38.3 Å². The lowest BCUT2D eigenvalue weighted by Gasteiger charge is -2.25. The first-order valence-electron chi connectivity index (χ1n) is 9.72. The molecule has 6 nitrogen and oxygen atoms in total. The zero-order valence-electron chi connectivity index (χ0n) is 16.1. The van der Waals surface area contributed by atoms with Gasteiger partial charge >= 0.3 is 0 Å². The summed E-state index contributed by atoms with van der Waals surface area (Å²) >= 11 is 0. The van der Waals surface area contributed by atoms with Crippen LogP contribution in [0.5, 0.6) is 0 Å². The molecule has 0 saturated carbocycles. The third-order valence-electron chi connectivity index (χ3n) is 4.91. The van der Waals surface area contributed by atoms with Crippen molar-refractivity contribution < 1.29 is 13.2 Å². The Hall–Kier alpha value is -2.38. The van der Waals surface area contributed by atoms with Gasteiger partial charge in [-0.2, -0.15) is 4.31 Å².